The minimum absolute atomic E-state index is 0.276. The number of nitrogens with one attached hydrogen (secondary N) is 8. The van der Waals surface area contributed by atoms with E-state index in [0.717, 1.165) is 113 Å². The lowest BCUT2D eigenvalue weighted by Crippen LogP contribution is -2.29. The molecule has 6 aliphatic heterocycles. The molecule has 18 rings (SSSR count). The molecule has 0 radical (unpaired) electrons. The highest BCUT2D eigenvalue weighted by Gasteiger charge is 2.43. The second-order valence-corrected chi connectivity index (χ2v) is 30.7. The number of rotatable bonds is 0. The van der Waals surface area contributed by atoms with Gasteiger partial charge in [-0.05, 0) is 244 Å². The molecule has 488 valence electrons. The fourth-order valence-corrected chi connectivity index (χ4v) is 15.4. The van der Waals surface area contributed by atoms with Crippen molar-refractivity contribution in [3.8, 4) is 0 Å². The summed E-state index contributed by atoms with van der Waals surface area (Å²) in [6, 6.07) is 36.4. The Morgan fingerprint density at radius 1 is 0.245 bits per heavy atom. The molecule has 0 aromatic carbocycles. The smallest absolute Gasteiger partial charge is 0.0827 e. The first-order valence-corrected chi connectivity index (χ1v) is 34.1. The Hall–Kier alpha value is -9.20. The first kappa shape index (κ1) is 61.0. The number of aromatic nitrogens is 20. The van der Waals surface area contributed by atoms with E-state index in [1.807, 2.05) is 18.7 Å². The van der Waals surface area contributed by atoms with Crippen molar-refractivity contribution in [1.29, 1.82) is 0 Å². The van der Waals surface area contributed by atoms with Crippen LogP contribution in [0.25, 0.3) is 0 Å². The van der Waals surface area contributed by atoms with Crippen molar-refractivity contribution in [3.05, 3.63) is 236 Å². The second kappa shape index (κ2) is 22.2. The number of aryl methyl sites for hydroxylation is 8. The Labute approximate surface area is 549 Å². The number of fused-ring (bicyclic) bond motifs is 8. The Kier molecular flexibility index (Phi) is 14.4. The Morgan fingerprint density at radius 2 is 0.404 bits per heavy atom. The highest BCUT2D eigenvalue weighted by molar-refractivity contribution is 5.47. The van der Waals surface area contributed by atoms with E-state index < -0.39 is 0 Å². The van der Waals surface area contributed by atoms with Crippen LogP contribution in [0.1, 0.15) is 235 Å². The molecule has 20 heteroatoms. The zero-order valence-electron chi connectivity index (χ0n) is 56.8. The average Bonchev–Trinajstić information content (AvgIpc) is 1.59. The zero-order valence-corrected chi connectivity index (χ0v) is 56.8. The second-order valence-electron chi connectivity index (χ2n) is 30.7. The van der Waals surface area contributed by atoms with Gasteiger partial charge in [0.05, 0.1) is 22.8 Å². The van der Waals surface area contributed by atoms with Gasteiger partial charge in [0.15, 0.2) is 0 Å². The van der Waals surface area contributed by atoms with Gasteiger partial charge >= 0.3 is 0 Å². The highest BCUT2D eigenvalue weighted by Crippen LogP contribution is 2.47. The van der Waals surface area contributed by atoms with E-state index >= 15 is 0 Å². The van der Waals surface area contributed by atoms with Crippen LogP contribution in [0.2, 0.25) is 0 Å². The fraction of sp³-hybridized carbons (Fsp3) is 0.459. The molecule has 12 aromatic rings. The molecule has 0 amide bonds. The van der Waals surface area contributed by atoms with E-state index in [1.54, 1.807) is 0 Å². The van der Waals surface area contributed by atoms with Gasteiger partial charge in [-0.25, -0.2) is 0 Å². The monoisotopic (exact) mass is 1260 g/mol. The molecule has 8 N–H and O–H groups in total. The predicted octanol–water partition coefficient (Wildman–Crippen LogP) is 12.9. The topological polar surface area (TPSA) is 249 Å². The lowest BCUT2D eigenvalue weighted by atomic mass is 9.78. The van der Waals surface area contributed by atoms with Crippen LogP contribution < -0.4 is 0 Å². The van der Waals surface area contributed by atoms with Crippen LogP contribution in [0.5, 0.6) is 0 Å². The SMILES string of the molecule is CC1(C)c2ccc([nH]2)C2(C)CCc3cn(nn3)CCCn3cc(nn3)CCC(C)(c3ccc1[nH]3)c1ccc([nH]1)C(C)(C)c1ccc2[nH]1.CC1(C)c2ccc([nH]2)C2(C)CCc3cn(nn3)CCCn3cc(nn3)CCC(C)(c3ccc1[nH]3)c1ccc([nH]1)C(C)(C)c1ccc2[nH]1. The van der Waals surface area contributed by atoms with Gasteiger partial charge in [0, 0.05) is 185 Å². The van der Waals surface area contributed by atoms with Gasteiger partial charge in [0.2, 0.25) is 0 Å². The summed E-state index contributed by atoms with van der Waals surface area (Å²) in [5, 5.41) is 36.2. The van der Waals surface area contributed by atoms with E-state index in [-0.39, 0.29) is 43.3 Å². The molecule has 20 nitrogen and oxygen atoms in total. The highest BCUT2D eigenvalue weighted by atomic mass is 15.4. The van der Waals surface area contributed by atoms with Gasteiger partial charge in [-0.3, -0.25) is 18.7 Å². The van der Waals surface area contributed by atoms with E-state index in [1.165, 1.54) is 91.1 Å². The zero-order chi connectivity index (χ0) is 65.2. The third-order valence-electron chi connectivity index (χ3n) is 23.0. The normalized spacial score (nSPS) is 23.9. The molecular weight excluding hydrogens is 1170 g/mol. The molecule has 0 saturated heterocycles. The minimum atomic E-state index is -0.314. The molecule has 12 aromatic heterocycles. The Balaban J connectivity index is 0.000000155. The molecule has 0 saturated carbocycles. The van der Waals surface area contributed by atoms with Crippen molar-refractivity contribution in [2.75, 3.05) is 0 Å². The number of aromatic amines is 8. The summed E-state index contributed by atoms with van der Waals surface area (Å²) < 4.78 is 7.86. The van der Waals surface area contributed by atoms with Crippen molar-refractivity contribution >= 4 is 0 Å². The van der Waals surface area contributed by atoms with E-state index in [2.05, 4.69) is 286 Å². The van der Waals surface area contributed by atoms with Gasteiger partial charge in [-0.2, -0.15) is 0 Å². The third-order valence-corrected chi connectivity index (χ3v) is 23.0. The van der Waals surface area contributed by atoms with Crippen molar-refractivity contribution in [2.24, 2.45) is 0 Å². The van der Waals surface area contributed by atoms with E-state index in [9.17, 15) is 0 Å². The maximum atomic E-state index is 4.58. The van der Waals surface area contributed by atoms with Gasteiger partial charge in [0.1, 0.15) is 0 Å². The first-order valence-electron chi connectivity index (χ1n) is 34.1. The van der Waals surface area contributed by atoms with Crippen molar-refractivity contribution in [2.45, 2.75) is 217 Å². The maximum absolute atomic E-state index is 4.58. The van der Waals surface area contributed by atoms with Crippen LogP contribution in [-0.4, -0.2) is 99.8 Å². The van der Waals surface area contributed by atoms with Crippen LogP contribution in [0, 0.1) is 0 Å². The number of hydrogen-bond donors (Lipinski definition) is 8. The standard InChI is InChI=1S/2C37H46N10/c2*1-34(2)26-8-12-30(38-26)36(5)18-16-24-22-46(44-42-24)20-7-21-47-23-25(43-45-47)17-19-37(6,31-13-9-27(34)39-31)33-15-11-29(41-33)35(3,4)28-10-14-32(36)40-28/h2*8-15,22-23,38-41H,7,16-21H2,1-6H3. The summed E-state index contributed by atoms with van der Waals surface area (Å²) in [5.74, 6) is 0. The van der Waals surface area contributed by atoms with Crippen LogP contribution in [0.15, 0.2) is 122 Å². The number of H-pyrrole nitrogens is 8. The maximum Gasteiger partial charge on any atom is 0.0827 e. The molecule has 0 unspecified atom stereocenters. The summed E-state index contributed by atoms with van der Waals surface area (Å²) in [6.45, 7) is 30.9. The van der Waals surface area contributed by atoms with Gasteiger partial charge < -0.3 is 39.9 Å². The third kappa shape index (κ3) is 10.4. The molecule has 6 aliphatic rings. The lowest BCUT2D eigenvalue weighted by molar-refractivity contribution is 0.475. The summed E-state index contributed by atoms with van der Waals surface area (Å²) >= 11 is 0. The Morgan fingerprint density at radius 3 is 0.574 bits per heavy atom. The van der Waals surface area contributed by atoms with Crippen LogP contribution in [0.4, 0.5) is 0 Å². The molecule has 18 heterocycles. The fourth-order valence-electron chi connectivity index (χ4n) is 15.4. The molecule has 94 heavy (non-hydrogen) atoms. The molecular formula is C74H92N20. The van der Waals surface area contributed by atoms with Gasteiger partial charge in [0.25, 0.3) is 0 Å². The average molecular weight is 1260 g/mol. The molecule has 0 fully saturated rings. The molecule has 0 atom stereocenters. The summed E-state index contributed by atoms with van der Waals surface area (Å²) in [6.07, 6.45) is 16.9. The van der Waals surface area contributed by atoms with Crippen molar-refractivity contribution in [1.82, 2.24) is 99.8 Å². The summed E-state index contributed by atoms with van der Waals surface area (Å²) in [5.41, 5.74) is 20.6. The number of hydrogen-bond acceptors (Lipinski definition) is 8. The van der Waals surface area contributed by atoms with E-state index in [4.69, 9.17) is 0 Å². The van der Waals surface area contributed by atoms with Gasteiger partial charge in [-0.15, -0.1) is 20.4 Å². The Bertz CT molecular complexity index is 3890. The van der Waals surface area contributed by atoms with Crippen LogP contribution in [0.3, 0.4) is 0 Å². The summed E-state index contributed by atoms with van der Waals surface area (Å²) in [4.78, 5) is 31.4. The predicted molar refractivity (Wildman–Crippen MR) is 363 cm³/mol. The lowest BCUT2D eigenvalue weighted by Gasteiger charge is -2.31. The quantitative estimate of drug-likeness (QED) is 0.0723. The first-order chi connectivity index (χ1) is 44.9. The number of nitrogens with zero attached hydrogens (tertiary/aromatic N) is 12. The van der Waals surface area contributed by atoms with E-state index in [0.29, 0.717) is 0 Å². The van der Waals surface area contributed by atoms with Crippen molar-refractivity contribution < 1.29 is 0 Å². The van der Waals surface area contributed by atoms with Crippen LogP contribution >= 0.6 is 0 Å². The molecule has 28 bridgehead atoms. The van der Waals surface area contributed by atoms with Gasteiger partial charge in [-0.1, -0.05) is 20.9 Å². The minimum Gasteiger partial charge on any atom is -0.361 e. The van der Waals surface area contributed by atoms with Crippen molar-refractivity contribution in [3.63, 3.8) is 0 Å². The molecule has 0 aliphatic carbocycles. The summed E-state index contributed by atoms with van der Waals surface area (Å²) in [7, 11) is 0. The largest absolute Gasteiger partial charge is 0.361 e. The molecule has 0 spiro atoms. The van der Waals surface area contributed by atoms with Crippen LogP contribution in [-0.2, 0) is 95.2 Å².